The van der Waals surface area contributed by atoms with Gasteiger partial charge in [0.25, 0.3) is 0 Å². The van der Waals surface area contributed by atoms with Crippen LogP contribution in [-0.2, 0) is 9.53 Å². The molecule has 0 atom stereocenters. The first-order valence-corrected chi connectivity index (χ1v) is 5.01. The van der Waals surface area contributed by atoms with E-state index >= 15 is 0 Å². The predicted molar refractivity (Wildman–Crippen MR) is 66.3 cm³/mol. The van der Waals surface area contributed by atoms with Crippen LogP contribution in [0.5, 0.6) is 0 Å². The van der Waals surface area contributed by atoms with Crippen LogP contribution in [0, 0.1) is 11.3 Å². The van der Waals surface area contributed by atoms with Crippen molar-refractivity contribution in [2.45, 2.75) is 20.0 Å². The van der Waals surface area contributed by atoms with Gasteiger partial charge in [0, 0.05) is 6.08 Å². The van der Waals surface area contributed by atoms with Gasteiger partial charge in [0.1, 0.15) is 6.07 Å². The Morgan fingerprint density at radius 3 is 2.41 bits per heavy atom. The summed E-state index contributed by atoms with van der Waals surface area (Å²) in [4.78, 5) is 11.3. The number of allylic oxidation sites excluding steroid dienone is 1. The highest BCUT2D eigenvalue weighted by Gasteiger charge is 2.06. The fourth-order valence-corrected chi connectivity index (χ4v) is 1.18. The van der Waals surface area contributed by atoms with Crippen molar-refractivity contribution >= 4 is 11.5 Å². The monoisotopic (exact) mass is 232 g/mol. The van der Waals surface area contributed by atoms with Crippen molar-refractivity contribution in [3.63, 3.8) is 0 Å². The normalized spacial score (nSPS) is 10.4. The molecule has 1 rings (SSSR count). The first kappa shape index (κ1) is 14.9. The Bertz CT molecular complexity index is 430. The number of carbonyl (C=O) groups is 1. The second-order valence-electron chi connectivity index (χ2n) is 3.52. The molecule has 0 aliphatic heterocycles. The summed E-state index contributed by atoms with van der Waals surface area (Å²) in [5.74, 6) is -0.490. The molecule has 0 amide bonds. The Hall–Kier alpha value is -2.12. The van der Waals surface area contributed by atoms with E-state index in [-0.39, 0.29) is 12.3 Å². The van der Waals surface area contributed by atoms with Crippen molar-refractivity contribution in [3.8, 4) is 6.07 Å². The maximum absolute atomic E-state index is 11.3. The van der Waals surface area contributed by atoms with Crippen molar-refractivity contribution in [3.05, 3.63) is 42.0 Å². The van der Waals surface area contributed by atoms with Gasteiger partial charge < -0.3 is 10.9 Å². The molecule has 0 saturated carbocycles. The molecule has 4 nitrogen and oxygen atoms in total. The summed E-state index contributed by atoms with van der Waals surface area (Å²) in [5, 5.41) is 8.94. The van der Waals surface area contributed by atoms with Gasteiger partial charge in [-0.05, 0) is 19.4 Å². The quantitative estimate of drug-likeness (QED) is 0.493. The summed E-state index contributed by atoms with van der Waals surface area (Å²) in [7, 11) is 0. The number of rotatable bonds is 3. The Balaban J connectivity index is 0.00000256. The SMILES string of the molecule is CC(C)OC(=O)C=C(C#N)c1ccccc1.N. The van der Waals surface area contributed by atoms with Gasteiger partial charge in [0.2, 0.25) is 0 Å². The van der Waals surface area contributed by atoms with Gasteiger partial charge in [-0.2, -0.15) is 5.26 Å². The molecule has 90 valence electrons. The molecule has 0 aliphatic rings. The largest absolute Gasteiger partial charge is 0.460 e. The summed E-state index contributed by atoms with van der Waals surface area (Å²) in [5.41, 5.74) is 1.02. The van der Waals surface area contributed by atoms with Crippen molar-refractivity contribution in [1.29, 1.82) is 5.26 Å². The van der Waals surface area contributed by atoms with Gasteiger partial charge in [-0.1, -0.05) is 30.3 Å². The summed E-state index contributed by atoms with van der Waals surface area (Å²) in [6.07, 6.45) is 1.04. The highest BCUT2D eigenvalue weighted by Crippen LogP contribution is 2.12. The third-order valence-electron chi connectivity index (χ3n) is 1.82. The lowest BCUT2D eigenvalue weighted by molar-refractivity contribution is -0.141. The Morgan fingerprint density at radius 2 is 1.94 bits per heavy atom. The molecule has 0 saturated heterocycles. The zero-order chi connectivity index (χ0) is 12.0. The number of ether oxygens (including phenoxy) is 1. The second kappa shape index (κ2) is 7.20. The minimum absolute atomic E-state index is 0. The molecule has 1 aromatic rings. The van der Waals surface area contributed by atoms with Gasteiger partial charge in [0.15, 0.2) is 0 Å². The van der Waals surface area contributed by atoms with Crippen LogP contribution in [-0.4, -0.2) is 12.1 Å². The smallest absolute Gasteiger partial charge is 0.332 e. The Morgan fingerprint density at radius 1 is 1.35 bits per heavy atom. The van der Waals surface area contributed by atoms with Crippen LogP contribution in [0.15, 0.2) is 36.4 Å². The minimum atomic E-state index is -0.490. The summed E-state index contributed by atoms with van der Waals surface area (Å²) >= 11 is 0. The molecule has 0 bridgehead atoms. The zero-order valence-electron chi connectivity index (χ0n) is 10.0. The summed E-state index contributed by atoms with van der Waals surface area (Å²) < 4.78 is 4.94. The molecular formula is C13H16N2O2. The zero-order valence-corrected chi connectivity index (χ0v) is 10.0. The Labute approximate surface area is 101 Å². The minimum Gasteiger partial charge on any atom is -0.460 e. The van der Waals surface area contributed by atoms with E-state index in [0.29, 0.717) is 11.1 Å². The maximum Gasteiger partial charge on any atom is 0.332 e. The number of carbonyl (C=O) groups excluding carboxylic acids is 1. The van der Waals surface area contributed by atoms with Crippen molar-refractivity contribution < 1.29 is 9.53 Å². The van der Waals surface area contributed by atoms with E-state index in [1.54, 1.807) is 26.0 Å². The van der Waals surface area contributed by atoms with E-state index in [1.807, 2.05) is 24.3 Å². The van der Waals surface area contributed by atoms with Gasteiger partial charge in [-0.15, -0.1) is 0 Å². The van der Waals surface area contributed by atoms with Crippen LogP contribution >= 0.6 is 0 Å². The van der Waals surface area contributed by atoms with Crippen molar-refractivity contribution in [2.75, 3.05) is 0 Å². The standard InChI is InChI=1S/C13H13NO2.H3N/c1-10(2)16-13(15)8-12(9-14)11-6-4-3-5-7-11;/h3-8,10H,1-2H3;1H3. The average molecular weight is 232 g/mol. The predicted octanol–water partition coefficient (Wildman–Crippen LogP) is 2.71. The molecule has 0 radical (unpaired) electrons. The molecule has 3 N–H and O–H groups in total. The average Bonchev–Trinajstić information content (AvgIpc) is 2.26. The number of hydrogen-bond donors (Lipinski definition) is 1. The highest BCUT2D eigenvalue weighted by molar-refractivity contribution is 5.95. The van der Waals surface area contributed by atoms with Crippen LogP contribution in [0.25, 0.3) is 5.57 Å². The van der Waals surface area contributed by atoms with E-state index in [4.69, 9.17) is 10.00 Å². The van der Waals surface area contributed by atoms with Gasteiger partial charge in [-0.3, -0.25) is 0 Å². The van der Waals surface area contributed by atoms with Gasteiger partial charge in [0.05, 0.1) is 11.7 Å². The number of nitrogens with zero attached hydrogens (tertiary/aromatic N) is 1. The molecule has 0 fully saturated rings. The number of benzene rings is 1. The number of hydrogen-bond acceptors (Lipinski definition) is 4. The van der Waals surface area contributed by atoms with Crippen LogP contribution < -0.4 is 6.15 Å². The highest BCUT2D eigenvalue weighted by atomic mass is 16.5. The maximum atomic E-state index is 11.3. The first-order valence-electron chi connectivity index (χ1n) is 5.01. The van der Waals surface area contributed by atoms with E-state index in [2.05, 4.69) is 0 Å². The Kier molecular flexibility index (Phi) is 6.30. The molecule has 0 aliphatic carbocycles. The number of esters is 1. The van der Waals surface area contributed by atoms with E-state index in [9.17, 15) is 4.79 Å². The van der Waals surface area contributed by atoms with Crippen LogP contribution in [0.3, 0.4) is 0 Å². The van der Waals surface area contributed by atoms with Gasteiger partial charge >= 0.3 is 5.97 Å². The summed E-state index contributed by atoms with van der Waals surface area (Å²) in [6, 6.07) is 11.0. The fourth-order valence-electron chi connectivity index (χ4n) is 1.18. The van der Waals surface area contributed by atoms with Gasteiger partial charge in [-0.25, -0.2) is 4.79 Å². The van der Waals surface area contributed by atoms with E-state index < -0.39 is 5.97 Å². The summed E-state index contributed by atoms with van der Waals surface area (Å²) in [6.45, 7) is 3.53. The molecule has 17 heavy (non-hydrogen) atoms. The third-order valence-corrected chi connectivity index (χ3v) is 1.82. The third kappa shape index (κ3) is 4.96. The van der Waals surface area contributed by atoms with Crippen LogP contribution in [0.4, 0.5) is 0 Å². The van der Waals surface area contributed by atoms with E-state index in [0.717, 1.165) is 0 Å². The van der Waals surface area contributed by atoms with Crippen molar-refractivity contribution in [1.82, 2.24) is 6.15 Å². The van der Waals surface area contributed by atoms with E-state index in [1.165, 1.54) is 6.08 Å². The second-order valence-corrected chi connectivity index (χ2v) is 3.52. The molecular weight excluding hydrogens is 216 g/mol. The molecule has 4 heteroatoms. The lowest BCUT2D eigenvalue weighted by Crippen LogP contribution is -2.09. The topological polar surface area (TPSA) is 85.1 Å². The van der Waals surface area contributed by atoms with Crippen molar-refractivity contribution in [2.24, 2.45) is 0 Å². The first-order chi connectivity index (χ1) is 7.63. The molecule has 0 spiro atoms. The van der Waals surface area contributed by atoms with Crippen LogP contribution in [0.2, 0.25) is 0 Å². The fraction of sp³-hybridized carbons (Fsp3) is 0.231. The van der Waals surface area contributed by atoms with Crippen LogP contribution in [0.1, 0.15) is 19.4 Å². The number of nitriles is 1. The molecule has 0 aromatic heterocycles. The lowest BCUT2D eigenvalue weighted by atomic mass is 10.1. The molecule has 0 heterocycles. The lowest BCUT2D eigenvalue weighted by Gasteiger charge is -2.05. The molecule has 1 aromatic carbocycles. The molecule has 0 unspecified atom stereocenters.